The van der Waals surface area contributed by atoms with E-state index in [1.165, 1.54) is 44.9 Å². The first-order valence-corrected chi connectivity index (χ1v) is 6.60. The van der Waals surface area contributed by atoms with Crippen LogP contribution in [0.25, 0.3) is 0 Å². The van der Waals surface area contributed by atoms with Crippen LogP contribution in [-0.4, -0.2) is 24.9 Å². The van der Waals surface area contributed by atoms with Gasteiger partial charge in [-0.15, -0.1) is 0 Å². The van der Waals surface area contributed by atoms with Crippen LogP contribution in [0.1, 0.15) is 64.7 Å². The van der Waals surface area contributed by atoms with Crippen LogP contribution in [0.5, 0.6) is 0 Å². The van der Waals surface area contributed by atoms with Gasteiger partial charge in [-0.25, -0.2) is 0 Å². The summed E-state index contributed by atoms with van der Waals surface area (Å²) in [6, 6.07) is 0. The summed E-state index contributed by atoms with van der Waals surface area (Å²) in [5.41, 5.74) is 0. The molecule has 92 valence electrons. The molecule has 0 aromatic heterocycles. The van der Waals surface area contributed by atoms with Gasteiger partial charge in [0.1, 0.15) is 0 Å². The minimum absolute atomic E-state index is 0.292. The zero-order chi connectivity index (χ0) is 11.2. The maximum absolute atomic E-state index is 8.55. The highest BCUT2D eigenvalue weighted by molar-refractivity contribution is 4.45. The lowest BCUT2D eigenvalue weighted by Gasteiger charge is -2.03. The molecule has 0 aliphatic carbocycles. The number of unbranched alkanes of at least 4 members (excludes halogenated alkanes) is 7. The molecule has 0 aliphatic rings. The van der Waals surface area contributed by atoms with Gasteiger partial charge in [0.25, 0.3) is 0 Å². The number of hydrogen-bond donors (Lipinski definition) is 1. The van der Waals surface area contributed by atoms with Gasteiger partial charge in [-0.05, 0) is 19.3 Å². The number of aliphatic hydroxyl groups excluding tert-OH is 1. The van der Waals surface area contributed by atoms with Gasteiger partial charge >= 0.3 is 0 Å². The third-order valence-corrected chi connectivity index (χ3v) is 2.59. The Morgan fingerprint density at radius 1 is 0.733 bits per heavy atom. The van der Waals surface area contributed by atoms with Crippen molar-refractivity contribution >= 4 is 0 Å². The minimum atomic E-state index is 0.292. The van der Waals surface area contributed by atoms with Crippen LogP contribution in [0, 0.1) is 0 Å². The first-order valence-electron chi connectivity index (χ1n) is 6.60. The normalized spacial score (nSPS) is 10.8. The van der Waals surface area contributed by atoms with Crippen molar-refractivity contribution in [3.05, 3.63) is 0 Å². The number of hydrogen-bond acceptors (Lipinski definition) is 2. The predicted octanol–water partition coefficient (Wildman–Crippen LogP) is 3.53. The molecular formula is C13H28O2. The lowest BCUT2D eigenvalue weighted by Crippen LogP contribution is -1.98. The van der Waals surface area contributed by atoms with Gasteiger partial charge in [-0.2, -0.15) is 0 Å². The highest BCUT2D eigenvalue weighted by Crippen LogP contribution is 2.06. The fourth-order valence-electron chi connectivity index (χ4n) is 1.58. The fraction of sp³-hybridized carbons (Fsp3) is 1.00. The van der Waals surface area contributed by atoms with E-state index in [-0.39, 0.29) is 0 Å². The quantitative estimate of drug-likeness (QED) is 0.506. The third kappa shape index (κ3) is 13.9. The maximum Gasteiger partial charge on any atom is 0.0466 e. The van der Waals surface area contributed by atoms with E-state index in [2.05, 4.69) is 6.92 Å². The molecule has 0 atom stereocenters. The Kier molecular flexibility index (Phi) is 13.8. The van der Waals surface area contributed by atoms with E-state index in [1.54, 1.807) is 0 Å². The average Bonchev–Trinajstić information content (AvgIpc) is 2.26. The van der Waals surface area contributed by atoms with Crippen molar-refractivity contribution in [3.8, 4) is 0 Å². The molecule has 0 heterocycles. The summed E-state index contributed by atoms with van der Waals surface area (Å²) in [4.78, 5) is 0. The molecule has 0 bridgehead atoms. The molecule has 2 nitrogen and oxygen atoms in total. The molecule has 0 fully saturated rings. The molecule has 0 spiro atoms. The van der Waals surface area contributed by atoms with E-state index < -0.39 is 0 Å². The lowest BCUT2D eigenvalue weighted by atomic mass is 10.1. The molecule has 0 radical (unpaired) electrons. The predicted molar refractivity (Wildman–Crippen MR) is 65.1 cm³/mol. The smallest absolute Gasteiger partial charge is 0.0466 e. The maximum atomic E-state index is 8.55. The first kappa shape index (κ1) is 14.9. The van der Waals surface area contributed by atoms with Crippen LogP contribution in [0.2, 0.25) is 0 Å². The molecule has 1 N–H and O–H groups in total. The third-order valence-electron chi connectivity index (χ3n) is 2.59. The molecule has 0 saturated carbocycles. The molecule has 0 amide bonds. The average molecular weight is 216 g/mol. The van der Waals surface area contributed by atoms with Crippen LogP contribution >= 0.6 is 0 Å². The Hall–Kier alpha value is -0.0800. The van der Waals surface area contributed by atoms with E-state index in [9.17, 15) is 0 Å². The molecule has 0 aromatic carbocycles. The number of ether oxygens (including phenoxy) is 1. The summed E-state index contributed by atoms with van der Waals surface area (Å²) >= 11 is 0. The molecule has 0 unspecified atom stereocenters. The molecule has 15 heavy (non-hydrogen) atoms. The second kappa shape index (κ2) is 13.9. The molecule has 0 rings (SSSR count). The summed E-state index contributed by atoms with van der Waals surface area (Å²) in [7, 11) is 0. The van der Waals surface area contributed by atoms with Gasteiger partial charge in [0.05, 0.1) is 0 Å². The SMILES string of the molecule is CCCCCCCCCOCCCCO. The van der Waals surface area contributed by atoms with Crippen LogP contribution in [0.3, 0.4) is 0 Å². The van der Waals surface area contributed by atoms with Crippen molar-refractivity contribution in [2.24, 2.45) is 0 Å². The molecular weight excluding hydrogens is 188 g/mol. The largest absolute Gasteiger partial charge is 0.396 e. The fourth-order valence-corrected chi connectivity index (χ4v) is 1.58. The van der Waals surface area contributed by atoms with Crippen molar-refractivity contribution in [1.82, 2.24) is 0 Å². The summed E-state index contributed by atoms with van der Waals surface area (Å²) in [5.74, 6) is 0. The Morgan fingerprint density at radius 3 is 1.87 bits per heavy atom. The van der Waals surface area contributed by atoms with Gasteiger partial charge < -0.3 is 9.84 Å². The van der Waals surface area contributed by atoms with Gasteiger partial charge in [0.15, 0.2) is 0 Å². The second-order valence-corrected chi connectivity index (χ2v) is 4.16. The standard InChI is InChI=1S/C13H28O2/c1-2-3-4-5-6-7-9-12-15-13-10-8-11-14/h14H,2-13H2,1H3. The van der Waals surface area contributed by atoms with Crippen molar-refractivity contribution in [3.63, 3.8) is 0 Å². The zero-order valence-electron chi connectivity index (χ0n) is 10.3. The highest BCUT2D eigenvalue weighted by Gasteiger charge is 1.92. The Morgan fingerprint density at radius 2 is 1.27 bits per heavy atom. The van der Waals surface area contributed by atoms with Crippen molar-refractivity contribution in [2.75, 3.05) is 19.8 Å². The van der Waals surface area contributed by atoms with E-state index in [0.717, 1.165) is 26.1 Å². The Labute approximate surface area is 95.0 Å². The summed E-state index contributed by atoms with van der Waals surface area (Å²) in [6.45, 7) is 4.26. The molecule has 0 aromatic rings. The Balaban J connectivity index is 2.81. The first-order chi connectivity index (χ1) is 7.41. The summed E-state index contributed by atoms with van der Waals surface area (Å²) in [6.07, 6.45) is 11.2. The number of aliphatic hydroxyl groups is 1. The van der Waals surface area contributed by atoms with Crippen LogP contribution < -0.4 is 0 Å². The van der Waals surface area contributed by atoms with Crippen LogP contribution in [-0.2, 0) is 4.74 Å². The molecule has 0 saturated heterocycles. The topological polar surface area (TPSA) is 29.5 Å². The van der Waals surface area contributed by atoms with Gasteiger partial charge in [-0.1, -0.05) is 45.4 Å². The molecule has 2 heteroatoms. The van der Waals surface area contributed by atoms with Crippen molar-refractivity contribution < 1.29 is 9.84 Å². The minimum Gasteiger partial charge on any atom is -0.396 e. The zero-order valence-corrected chi connectivity index (χ0v) is 10.3. The monoisotopic (exact) mass is 216 g/mol. The second-order valence-electron chi connectivity index (χ2n) is 4.16. The van der Waals surface area contributed by atoms with Crippen molar-refractivity contribution in [1.29, 1.82) is 0 Å². The van der Waals surface area contributed by atoms with Crippen LogP contribution in [0.4, 0.5) is 0 Å². The van der Waals surface area contributed by atoms with E-state index in [4.69, 9.17) is 9.84 Å². The Bertz CT molecular complexity index is 92.7. The lowest BCUT2D eigenvalue weighted by molar-refractivity contribution is 0.121. The van der Waals surface area contributed by atoms with E-state index >= 15 is 0 Å². The van der Waals surface area contributed by atoms with E-state index in [1.807, 2.05) is 0 Å². The summed E-state index contributed by atoms with van der Waals surface area (Å²) < 4.78 is 5.45. The van der Waals surface area contributed by atoms with Crippen LogP contribution in [0.15, 0.2) is 0 Å². The number of rotatable bonds is 12. The van der Waals surface area contributed by atoms with E-state index in [0.29, 0.717) is 6.61 Å². The highest BCUT2D eigenvalue weighted by atomic mass is 16.5. The molecule has 0 aliphatic heterocycles. The van der Waals surface area contributed by atoms with Crippen molar-refractivity contribution in [2.45, 2.75) is 64.7 Å². The van der Waals surface area contributed by atoms with Gasteiger partial charge in [-0.3, -0.25) is 0 Å². The summed E-state index contributed by atoms with van der Waals surface area (Å²) in [5, 5.41) is 8.55. The van der Waals surface area contributed by atoms with Gasteiger partial charge in [0.2, 0.25) is 0 Å². The van der Waals surface area contributed by atoms with Gasteiger partial charge in [0, 0.05) is 19.8 Å².